The Morgan fingerprint density at radius 1 is 1.03 bits per heavy atom. The molecule has 31 heavy (non-hydrogen) atoms. The van der Waals surface area contributed by atoms with E-state index in [1.807, 2.05) is 6.07 Å². The van der Waals surface area contributed by atoms with Crippen molar-refractivity contribution in [1.29, 1.82) is 0 Å². The van der Waals surface area contributed by atoms with Crippen molar-refractivity contribution >= 4 is 17.4 Å². The van der Waals surface area contributed by atoms with Crippen LogP contribution < -0.4 is 5.43 Å². The van der Waals surface area contributed by atoms with Crippen LogP contribution in [0.15, 0.2) is 35.4 Å². The number of hydrazone groups is 1. The van der Waals surface area contributed by atoms with E-state index in [0.29, 0.717) is 11.3 Å². The molecule has 0 saturated heterocycles. The molecule has 4 aliphatic carbocycles. The van der Waals surface area contributed by atoms with Crippen molar-refractivity contribution in [3.8, 4) is 0 Å². The highest BCUT2D eigenvalue weighted by Crippen LogP contribution is 2.65. The van der Waals surface area contributed by atoms with Crippen LogP contribution in [0.25, 0.3) is 0 Å². The number of hydrogen-bond acceptors (Lipinski definition) is 4. The molecule has 0 bridgehead atoms. The van der Waals surface area contributed by atoms with Crippen molar-refractivity contribution in [2.75, 3.05) is 5.43 Å². The Morgan fingerprint density at radius 3 is 2.61 bits per heavy atom. The number of hydrogen-bond donors (Lipinski definition) is 1. The standard InChI is InChI=1S/C27H38N2O2/c1-18(30)31-21-13-15-26(2)19(17-21)9-10-22-23-11-12-25(27(23,3)16-14-24(22)26)29-28-20-7-5-4-6-8-20/h4-8,19,21-24,28H,9-17H2,1-3H3/b29-25+/t19-,21+,22-,23-,24-,26-,27-/m0/s1. The summed E-state index contributed by atoms with van der Waals surface area (Å²) in [6.45, 7) is 6.62. The lowest BCUT2D eigenvalue weighted by molar-refractivity contribution is -0.158. The summed E-state index contributed by atoms with van der Waals surface area (Å²) in [6, 6.07) is 10.3. The van der Waals surface area contributed by atoms with Crippen LogP contribution in [0.5, 0.6) is 0 Å². The van der Waals surface area contributed by atoms with Crippen LogP contribution in [-0.2, 0) is 9.53 Å². The van der Waals surface area contributed by atoms with Crippen molar-refractivity contribution in [1.82, 2.24) is 0 Å². The topological polar surface area (TPSA) is 50.7 Å². The largest absolute Gasteiger partial charge is 0.463 e. The van der Waals surface area contributed by atoms with Crippen molar-refractivity contribution in [3.05, 3.63) is 30.3 Å². The van der Waals surface area contributed by atoms with E-state index in [2.05, 4.69) is 43.5 Å². The third kappa shape index (κ3) is 3.60. The molecule has 0 amide bonds. The minimum atomic E-state index is -0.113. The molecule has 1 aromatic carbocycles. The molecule has 7 atom stereocenters. The third-order valence-corrected chi connectivity index (χ3v) is 9.79. The van der Waals surface area contributed by atoms with Gasteiger partial charge in [0.25, 0.3) is 0 Å². The lowest BCUT2D eigenvalue weighted by Gasteiger charge is -2.60. The summed E-state index contributed by atoms with van der Waals surface area (Å²) in [5.41, 5.74) is 6.48. The summed E-state index contributed by atoms with van der Waals surface area (Å²) in [5.74, 6) is 3.02. The summed E-state index contributed by atoms with van der Waals surface area (Å²) in [6.07, 6.45) is 11.2. The van der Waals surface area contributed by atoms with Gasteiger partial charge in [-0.1, -0.05) is 32.0 Å². The normalized spacial score (nSPS) is 42.9. The Kier molecular flexibility index (Phi) is 5.38. The summed E-state index contributed by atoms with van der Waals surface area (Å²) in [7, 11) is 0. The fourth-order valence-corrected chi connectivity index (χ4v) is 8.18. The van der Waals surface area contributed by atoms with E-state index in [1.54, 1.807) is 6.92 Å². The summed E-state index contributed by atoms with van der Waals surface area (Å²) in [4.78, 5) is 11.5. The summed E-state index contributed by atoms with van der Waals surface area (Å²) < 4.78 is 5.62. The molecule has 0 heterocycles. The molecule has 4 saturated carbocycles. The van der Waals surface area contributed by atoms with E-state index < -0.39 is 0 Å². The Balaban J connectivity index is 1.32. The van der Waals surface area contributed by atoms with E-state index in [0.717, 1.165) is 42.7 Å². The number of esters is 1. The van der Waals surface area contributed by atoms with Crippen molar-refractivity contribution in [2.24, 2.45) is 39.6 Å². The molecule has 1 N–H and O–H groups in total. The number of para-hydroxylation sites is 1. The van der Waals surface area contributed by atoms with E-state index in [1.165, 1.54) is 44.2 Å². The van der Waals surface area contributed by atoms with Gasteiger partial charge in [0, 0.05) is 18.1 Å². The van der Waals surface area contributed by atoms with Crippen LogP contribution in [0.3, 0.4) is 0 Å². The predicted octanol–water partition coefficient (Wildman–Crippen LogP) is 6.43. The predicted molar refractivity (Wildman–Crippen MR) is 125 cm³/mol. The van der Waals surface area contributed by atoms with Crippen LogP contribution in [-0.4, -0.2) is 17.8 Å². The van der Waals surface area contributed by atoms with Gasteiger partial charge in [0.1, 0.15) is 6.10 Å². The van der Waals surface area contributed by atoms with Gasteiger partial charge in [-0.25, -0.2) is 0 Å². The third-order valence-electron chi connectivity index (χ3n) is 9.79. The molecule has 4 aliphatic rings. The van der Waals surface area contributed by atoms with Gasteiger partial charge in [-0.2, -0.15) is 5.10 Å². The van der Waals surface area contributed by atoms with Crippen LogP contribution in [0.2, 0.25) is 0 Å². The molecule has 0 aliphatic heterocycles. The Hall–Kier alpha value is -1.84. The Labute approximate surface area is 187 Å². The first-order chi connectivity index (χ1) is 14.9. The number of nitrogens with zero attached hydrogens (tertiary/aromatic N) is 1. The molecule has 4 fully saturated rings. The number of ether oxygens (including phenoxy) is 1. The van der Waals surface area contributed by atoms with Crippen molar-refractivity contribution in [2.45, 2.75) is 84.7 Å². The smallest absolute Gasteiger partial charge is 0.302 e. The average molecular weight is 423 g/mol. The van der Waals surface area contributed by atoms with E-state index in [4.69, 9.17) is 9.84 Å². The maximum atomic E-state index is 11.5. The molecular weight excluding hydrogens is 384 g/mol. The number of carbonyl (C=O) groups is 1. The number of nitrogens with one attached hydrogen (secondary N) is 1. The zero-order valence-corrected chi connectivity index (χ0v) is 19.4. The van der Waals surface area contributed by atoms with Gasteiger partial charge in [0.15, 0.2) is 0 Å². The zero-order valence-electron chi connectivity index (χ0n) is 19.4. The zero-order chi connectivity index (χ0) is 21.6. The molecule has 0 aromatic heterocycles. The lowest BCUT2D eigenvalue weighted by Crippen LogP contribution is -2.54. The average Bonchev–Trinajstić information content (AvgIpc) is 3.09. The van der Waals surface area contributed by atoms with Crippen LogP contribution in [0, 0.1) is 34.5 Å². The maximum Gasteiger partial charge on any atom is 0.302 e. The number of fused-ring (bicyclic) bond motifs is 5. The van der Waals surface area contributed by atoms with Gasteiger partial charge in [0.05, 0.1) is 5.69 Å². The van der Waals surface area contributed by atoms with Crippen LogP contribution in [0.1, 0.15) is 78.6 Å². The minimum Gasteiger partial charge on any atom is -0.463 e. The first-order valence-electron chi connectivity index (χ1n) is 12.5. The first-order valence-corrected chi connectivity index (χ1v) is 12.5. The van der Waals surface area contributed by atoms with Gasteiger partial charge < -0.3 is 4.74 Å². The van der Waals surface area contributed by atoms with Gasteiger partial charge in [-0.3, -0.25) is 10.2 Å². The number of benzene rings is 1. The highest BCUT2D eigenvalue weighted by molar-refractivity contribution is 5.93. The molecular formula is C27H38N2O2. The molecule has 4 heteroatoms. The molecule has 1 aromatic rings. The maximum absolute atomic E-state index is 11.5. The second-order valence-electron chi connectivity index (χ2n) is 11.2. The van der Waals surface area contributed by atoms with Gasteiger partial charge in [0.2, 0.25) is 0 Å². The highest BCUT2D eigenvalue weighted by atomic mass is 16.5. The highest BCUT2D eigenvalue weighted by Gasteiger charge is 2.59. The molecule has 0 unspecified atom stereocenters. The van der Waals surface area contributed by atoms with E-state index in [-0.39, 0.29) is 17.5 Å². The molecule has 168 valence electrons. The van der Waals surface area contributed by atoms with Crippen molar-refractivity contribution in [3.63, 3.8) is 0 Å². The molecule has 0 radical (unpaired) electrons. The van der Waals surface area contributed by atoms with E-state index >= 15 is 0 Å². The second kappa shape index (κ2) is 7.94. The first kappa shape index (κ1) is 21.0. The molecule has 4 nitrogen and oxygen atoms in total. The quantitative estimate of drug-likeness (QED) is 0.451. The molecule has 0 spiro atoms. The van der Waals surface area contributed by atoms with Gasteiger partial charge >= 0.3 is 5.97 Å². The Bertz CT molecular complexity index is 852. The fraction of sp³-hybridized carbons (Fsp3) is 0.704. The molecule has 5 rings (SSSR count). The number of carbonyl (C=O) groups excluding carboxylic acids is 1. The minimum absolute atomic E-state index is 0.113. The summed E-state index contributed by atoms with van der Waals surface area (Å²) in [5, 5.41) is 4.94. The van der Waals surface area contributed by atoms with Gasteiger partial charge in [-0.15, -0.1) is 0 Å². The van der Waals surface area contributed by atoms with Crippen LogP contribution in [0.4, 0.5) is 5.69 Å². The van der Waals surface area contributed by atoms with Crippen molar-refractivity contribution < 1.29 is 9.53 Å². The Morgan fingerprint density at radius 2 is 1.84 bits per heavy atom. The number of anilines is 1. The van der Waals surface area contributed by atoms with Gasteiger partial charge in [-0.05, 0) is 99.0 Å². The summed E-state index contributed by atoms with van der Waals surface area (Å²) >= 11 is 0. The lowest BCUT2D eigenvalue weighted by atomic mass is 9.45. The van der Waals surface area contributed by atoms with E-state index in [9.17, 15) is 4.79 Å². The van der Waals surface area contributed by atoms with Crippen LogP contribution >= 0.6 is 0 Å². The SMILES string of the molecule is CC(=O)O[C@@H]1CC[C@@]2(C)[C@@H](CC[C@@H]3[C@@H]2CC[C@]2(C)/C(=N/Nc4ccccc4)CC[C@@H]32)C1. The number of rotatable bonds is 3. The second-order valence-corrected chi connectivity index (χ2v) is 11.2. The fourth-order valence-electron chi connectivity index (χ4n) is 8.18. The monoisotopic (exact) mass is 422 g/mol.